The molecular weight excluding hydrogens is 324 g/mol. The van der Waals surface area contributed by atoms with E-state index in [-0.39, 0.29) is 11.9 Å². The lowest BCUT2D eigenvalue weighted by molar-refractivity contribution is -0.137. The molecule has 0 bridgehead atoms. The van der Waals surface area contributed by atoms with Gasteiger partial charge in [-0.05, 0) is 48.5 Å². The molecule has 0 heterocycles. The Morgan fingerprint density at radius 1 is 0.917 bits per heavy atom. The molecule has 4 nitrogen and oxygen atoms in total. The van der Waals surface area contributed by atoms with Gasteiger partial charge in [-0.3, -0.25) is 4.79 Å². The van der Waals surface area contributed by atoms with Gasteiger partial charge >= 0.3 is 11.9 Å². The fraction of sp³-hybridized carbons (Fsp3) is 0.158. The van der Waals surface area contributed by atoms with Crippen molar-refractivity contribution < 1.29 is 19.1 Å². The highest BCUT2D eigenvalue weighted by atomic mass is 32.2. The number of carbonyl (C=O) groups excluding carboxylic acids is 2. The van der Waals surface area contributed by atoms with Gasteiger partial charge in [-0.1, -0.05) is 32.2 Å². The molecule has 0 amide bonds. The monoisotopic (exact) mass is 342 g/mol. The van der Waals surface area contributed by atoms with E-state index in [0.29, 0.717) is 11.5 Å². The van der Waals surface area contributed by atoms with Gasteiger partial charge in [0.25, 0.3) is 0 Å². The third kappa shape index (κ3) is 5.28. The summed E-state index contributed by atoms with van der Waals surface area (Å²) in [4.78, 5) is 24.7. The second kappa shape index (κ2) is 8.36. The van der Waals surface area contributed by atoms with Crippen molar-refractivity contribution >= 4 is 23.7 Å². The van der Waals surface area contributed by atoms with Gasteiger partial charge in [-0.2, -0.15) is 0 Å². The van der Waals surface area contributed by atoms with Crippen molar-refractivity contribution in [1.29, 1.82) is 0 Å². The zero-order valence-electron chi connectivity index (χ0n) is 13.5. The molecule has 0 aliphatic carbocycles. The first-order chi connectivity index (χ1) is 11.5. The lowest BCUT2D eigenvalue weighted by atomic mass is 10.2. The summed E-state index contributed by atoms with van der Waals surface area (Å²) < 4.78 is 10.3. The second-order valence-corrected chi connectivity index (χ2v) is 6.39. The third-order valence-electron chi connectivity index (χ3n) is 2.96. The molecule has 0 aromatic heterocycles. The van der Waals surface area contributed by atoms with Crippen LogP contribution < -0.4 is 9.47 Å². The van der Waals surface area contributed by atoms with Crippen LogP contribution >= 0.6 is 11.8 Å². The van der Waals surface area contributed by atoms with E-state index in [4.69, 9.17) is 9.47 Å². The van der Waals surface area contributed by atoms with Gasteiger partial charge in [0, 0.05) is 15.9 Å². The quantitative estimate of drug-likeness (QED) is 0.440. The number of ether oxygens (including phenoxy) is 2. The van der Waals surface area contributed by atoms with Crippen molar-refractivity contribution in [2.45, 2.75) is 23.6 Å². The molecule has 2 aromatic rings. The van der Waals surface area contributed by atoms with E-state index >= 15 is 0 Å². The van der Waals surface area contributed by atoms with Gasteiger partial charge in [0.2, 0.25) is 0 Å². The largest absolute Gasteiger partial charge is 0.426 e. The van der Waals surface area contributed by atoms with Gasteiger partial charge in [0.15, 0.2) is 0 Å². The van der Waals surface area contributed by atoms with Gasteiger partial charge in [-0.25, -0.2) is 4.79 Å². The summed E-state index contributed by atoms with van der Waals surface area (Å²) in [6, 6.07) is 14.5. The third-order valence-corrected chi connectivity index (χ3v) is 3.97. The van der Waals surface area contributed by atoms with Crippen LogP contribution in [0, 0.1) is 5.92 Å². The molecule has 0 fully saturated rings. The molecular formula is C19H18O4S. The van der Waals surface area contributed by atoms with Crippen LogP contribution in [-0.2, 0) is 9.59 Å². The molecule has 0 aliphatic rings. The van der Waals surface area contributed by atoms with Gasteiger partial charge in [0.1, 0.15) is 11.5 Å². The first kappa shape index (κ1) is 17.8. The van der Waals surface area contributed by atoms with Crippen molar-refractivity contribution in [3.05, 3.63) is 61.2 Å². The molecule has 0 saturated heterocycles. The summed E-state index contributed by atoms with van der Waals surface area (Å²) in [5, 5.41) is 0. The number of hydrogen-bond donors (Lipinski definition) is 0. The maximum absolute atomic E-state index is 11.5. The van der Waals surface area contributed by atoms with Crippen LogP contribution in [0.4, 0.5) is 0 Å². The molecule has 0 aliphatic heterocycles. The van der Waals surface area contributed by atoms with Crippen molar-refractivity contribution in [2.24, 2.45) is 5.92 Å². The zero-order valence-corrected chi connectivity index (χ0v) is 14.3. The maximum atomic E-state index is 11.5. The standard InChI is InChI=1S/C19H18O4S/c1-4-18(20)22-14-5-9-16(10-6-14)24-17-11-7-15(8-12-17)23-19(21)13(2)3/h4-13H,1H2,2-3H3. The SMILES string of the molecule is C=CC(=O)Oc1ccc(Sc2ccc(OC(=O)C(C)C)cc2)cc1. The Balaban J connectivity index is 1.97. The molecule has 0 atom stereocenters. The number of hydrogen-bond acceptors (Lipinski definition) is 5. The van der Waals surface area contributed by atoms with Crippen molar-refractivity contribution in [3.8, 4) is 11.5 Å². The molecule has 0 saturated carbocycles. The predicted octanol–water partition coefficient (Wildman–Crippen LogP) is 4.49. The Labute approximate surface area is 145 Å². The summed E-state index contributed by atoms with van der Waals surface area (Å²) in [6.07, 6.45) is 1.12. The average Bonchev–Trinajstić information content (AvgIpc) is 2.58. The van der Waals surface area contributed by atoms with Crippen molar-refractivity contribution in [3.63, 3.8) is 0 Å². The highest BCUT2D eigenvalue weighted by molar-refractivity contribution is 7.99. The molecule has 24 heavy (non-hydrogen) atoms. The highest BCUT2D eigenvalue weighted by Crippen LogP contribution is 2.30. The van der Waals surface area contributed by atoms with E-state index in [2.05, 4.69) is 6.58 Å². The first-order valence-corrected chi connectivity index (χ1v) is 8.23. The highest BCUT2D eigenvalue weighted by Gasteiger charge is 2.09. The van der Waals surface area contributed by atoms with E-state index in [1.54, 1.807) is 49.9 Å². The Morgan fingerprint density at radius 3 is 1.79 bits per heavy atom. The number of rotatable bonds is 6. The molecule has 124 valence electrons. The van der Waals surface area contributed by atoms with E-state index in [9.17, 15) is 9.59 Å². The topological polar surface area (TPSA) is 52.6 Å². The van der Waals surface area contributed by atoms with Crippen molar-refractivity contribution in [1.82, 2.24) is 0 Å². The number of esters is 2. The molecule has 5 heteroatoms. The fourth-order valence-corrected chi connectivity index (χ4v) is 2.50. The van der Waals surface area contributed by atoms with Crippen LogP contribution in [0.25, 0.3) is 0 Å². The van der Waals surface area contributed by atoms with E-state index in [1.165, 1.54) is 0 Å². The van der Waals surface area contributed by atoms with Gasteiger partial charge < -0.3 is 9.47 Å². The van der Waals surface area contributed by atoms with E-state index < -0.39 is 5.97 Å². The van der Waals surface area contributed by atoms with Crippen LogP contribution in [0.15, 0.2) is 71.0 Å². The van der Waals surface area contributed by atoms with Gasteiger partial charge in [-0.15, -0.1) is 0 Å². The first-order valence-electron chi connectivity index (χ1n) is 7.42. The minimum absolute atomic E-state index is 0.159. The molecule has 2 aromatic carbocycles. The predicted molar refractivity (Wildman–Crippen MR) is 93.3 cm³/mol. The molecule has 2 rings (SSSR count). The summed E-state index contributed by atoms with van der Waals surface area (Å²) in [6.45, 7) is 6.94. The molecule has 0 unspecified atom stereocenters. The minimum atomic E-state index is -0.484. The summed E-state index contributed by atoms with van der Waals surface area (Å²) >= 11 is 1.55. The van der Waals surface area contributed by atoms with Crippen LogP contribution in [-0.4, -0.2) is 11.9 Å². The van der Waals surface area contributed by atoms with Crippen LogP contribution in [0.2, 0.25) is 0 Å². The Kier molecular flexibility index (Phi) is 6.21. The smallest absolute Gasteiger partial charge is 0.335 e. The average molecular weight is 342 g/mol. The zero-order chi connectivity index (χ0) is 17.5. The Bertz CT molecular complexity index is 718. The van der Waals surface area contributed by atoms with Crippen molar-refractivity contribution in [2.75, 3.05) is 0 Å². The maximum Gasteiger partial charge on any atom is 0.335 e. The minimum Gasteiger partial charge on any atom is -0.426 e. The lowest BCUT2D eigenvalue weighted by Crippen LogP contribution is -2.14. The van der Waals surface area contributed by atoms with Crippen LogP contribution in [0.1, 0.15) is 13.8 Å². The van der Waals surface area contributed by atoms with E-state index in [1.807, 2.05) is 24.3 Å². The Morgan fingerprint density at radius 2 is 1.38 bits per heavy atom. The summed E-state index contributed by atoms with van der Waals surface area (Å²) in [5.41, 5.74) is 0. The summed E-state index contributed by atoms with van der Waals surface area (Å²) in [7, 11) is 0. The van der Waals surface area contributed by atoms with E-state index in [0.717, 1.165) is 15.9 Å². The fourth-order valence-electron chi connectivity index (χ4n) is 1.68. The number of benzene rings is 2. The van der Waals surface area contributed by atoms with Gasteiger partial charge in [0.05, 0.1) is 5.92 Å². The molecule has 0 spiro atoms. The van der Waals surface area contributed by atoms with Crippen LogP contribution in [0.5, 0.6) is 11.5 Å². The summed E-state index contributed by atoms with van der Waals surface area (Å²) in [5.74, 6) is 0.111. The number of carbonyl (C=O) groups is 2. The second-order valence-electron chi connectivity index (χ2n) is 5.25. The normalized spacial score (nSPS) is 10.3. The lowest BCUT2D eigenvalue weighted by Gasteiger charge is -2.08. The molecule has 0 radical (unpaired) electrons. The van der Waals surface area contributed by atoms with Crippen LogP contribution in [0.3, 0.4) is 0 Å². The molecule has 0 N–H and O–H groups in total. The Hall–Kier alpha value is -2.53.